The van der Waals surface area contributed by atoms with Gasteiger partial charge < -0.3 is 20.4 Å². The second kappa shape index (κ2) is 13.0. The third kappa shape index (κ3) is 7.66. The van der Waals surface area contributed by atoms with Crippen molar-refractivity contribution in [3.05, 3.63) is 95.3 Å². The smallest absolute Gasteiger partial charge is 0.255 e. The Labute approximate surface area is 229 Å². The van der Waals surface area contributed by atoms with E-state index in [2.05, 4.69) is 15.5 Å². The topological polar surface area (TPSA) is 81.8 Å². The average Bonchev–Trinajstić information content (AvgIpc) is 3.19. The van der Waals surface area contributed by atoms with Crippen LogP contribution in [0.4, 0.5) is 15.8 Å². The van der Waals surface area contributed by atoms with E-state index in [1.807, 2.05) is 30.9 Å². The van der Waals surface area contributed by atoms with Gasteiger partial charge in [0.1, 0.15) is 5.82 Å². The molecule has 3 amide bonds. The highest BCUT2D eigenvalue weighted by atomic mass is 19.1. The molecule has 0 aliphatic carbocycles. The third-order valence-corrected chi connectivity index (χ3v) is 6.67. The van der Waals surface area contributed by atoms with Crippen LogP contribution in [-0.2, 0) is 11.3 Å². The Morgan fingerprint density at radius 1 is 0.872 bits per heavy atom. The lowest BCUT2D eigenvalue weighted by molar-refractivity contribution is -0.131. The number of halogens is 1. The summed E-state index contributed by atoms with van der Waals surface area (Å²) in [4.78, 5) is 42.9. The minimum Gasteiger partial charge on any atom is -0.369 e. The van der Waals surface area contributed by atoms with Gasteiger partial charge in [-0.1, -0.05) is 44.2 Å². The number of anilines is 2. The highest BCUT2D eigenvalue weighted by Crippen LogP contribution is 2.27. The van der Waals surface area contributed by atoms with Crippen LogP contribution in [0, 0.1) is 11.7 Å². The van der Waals surface area contributed by atoms with Crippen LogP contribution in [0.5, 0.6) is 0 Å². The molecule has 0 bridgehead atoms. The number of hydrogen-bond donors (Lipinski definition) is 2. The summed E-state index contributed by atoms with van der Waals surface area (Å²) in [5.41, 5.74) is 2.95. The van der Waals surface area contributed by atoms with E-state index < -0.39 is 0 Å². The van der Waals surface area contributed by atoms with E-state index in [1.54, 1.807) is 48.5 Å². The summed E-state index contributed by atoms with van der Waals surface area (Å²) in [6, 6.07) is 20.2. The second-order valence-electron chi connectivity index (χ2n) is 10.2. The van der Waals surface area contributed by atoms with Crippen LogP contribution in [0.25, 0.3) is 0 Å². The van der Waals surface area contributed by atoms with Crippen molar-refractivity contribution in [2.75, 3.05) is 36.4 Å². The predicted octanol–water partition coefficient (Wildman–Crippen LogP) is 5.09. The summed E-state index contributed by atoms with van der Waals surface area (Å²) < 4.78 is 13.3. The molecule has 7 nitrogen and oxygen atoms in total. The molecule has 3 aromatic rings. The number of carbonyl (C=O) groups excluding carboxylic acids is 3. The lowest BCUT2D eigenvalue weighted by Gasteiger charge is -2.26. The van der Waals surface area contributed by atoms with Crippen molar-refractivity contribution in [2.24, 2.45) is 5.92 Å². The van der Waals surface area contributed by atoms with E-state index in [9.17, 15) is 18.8 Å². The molecule has 204 valence electrons. The van der Waals surface area contributed by atoms with Crippen molar-refractivity contribution < 1.29 is 18.8 Å². The lowest BCUT2D eigenvalue weighted by atomic mass is 10.1. The first-order chi connectivity index (χ1) is 18.8. The second-order valence-corrected chi connectivity index (χ2v) is 10.2. The highest BCUT2D eigenvalue weighted by molar-refractivity contribution is 6.06. The molecule has 2 N–H and O–H groups in total. The van der Waals surface area contributed by atoms with Gasteiger partial charge in [-0.05, 0) is 60.4 Å². The molecule has 39 heavy (non-hydrogen) atoms. The fourth-order valence-electron chi connectivity index (χ4n) is 4.63. The number of benzene rings is 3. The summed E-state index contributed by atoms with van der Waals surface area (Å²) in [6.45, 7) is 6.86. The highest BCUT2D eigenvalue weighted by Gasteiger charge is 2.23. The van der Waals surface area contributed by atoms with Gasteiger partial charge in [0.15, 0.2) is 0 Å². The summed E-state index contributed by atoms with van der Waals surface area (Å²) in [5.74, 6) is -0.455. The van der Waals surface area contributed by atoms with Crippen molar-refractivity contribution in [1.29, 1.82) is 0 Å². The fraction of sp³-hybridized carbons (Fsp3) is 0.323. The van der Waals surface area contributed by atoms with E-state index in [-0.39, 0.29) is 30.1 Å². The normalized spacial score (nSPS) is 13.6. The van der Waals surface area contributed by atoms with Crippen molar-refractivity contribution in [2.45, 2.75) is 33.2 Å². The zero-order valence-electron chi connectivity index (χ0n) is 22.5. The number of nitrogens with one attached hydrogen (secondary N) is 2. The number of carbonyl (C=O) groups is 3. The third-order valence-electron chi connectivity index (χ3n) is 6.67. The maximum Gasteiger partial charge on any atom is 0.255 e. The average molecular weight is 531 g/mol. The molecule has 4 rings (SSSR count). The van der Waals surface area contributed by atoms with Gasteiger partial charge in [0.05, 0.1) is 5.56 Å². The first-order valence-corrected chi connectivity index (χ1v) is 13.4. The van der Waals surface area contributed by atoms with Gasteiger partial charge in [0, 0.05) is 56.1 Å². The van der Waals surface area contributed by atoms with Crippen LogP contribution in [0.15, 0.2) is 72.8 Å². The van der Waals surface area contributed by atoms with Crippen LogP contribution >= 0.6 is 0 Å². The van der Waals surface area contributed by atoms with Gasteiger partial charge in [0.2, 0.25) is 5.91 Å². The van der Waals surface area contributed by atoms with Crippen molar-refractivity contribution in [1.82, 2.24) is 10.2 Å². The molecule has 1 aliphatic heterocycles. The molecule has 3 aromatic carbocycles. The van der Waals surface area contributed by atoms with E-state index in [0.717, 1.165) is 17.7 Å². The molecular weight excluding hydrogens is 495 g/mol. The molecule has 0 aromatic heterocycles. The minimum absolute atomic E-state index is 0.156. The standard InChI is InChI=1S/C31H35FN4O3/c1-22(2)19-29(37)36-16-6-15-35(17-18-36)28-14-13-26(34-30(38)24-7-4-3-5-8-24)20-27(28)31(39)33-21-23-9-11-25(32)12-10-23/h3-5,7-14,20,22H,6,15-19,21H2,1-2H3,(H,33,39)(H,34,38). The van der Waals surface area contributed by atoms with E-state index in [0.29, 0.717) is 55.3 Å². The molecule has 0 atom stereocenters. The minimum atomic E-state index is -0.337. The molecule has 0 saturated carbocycles. The predicted molar refractivity (Wildman–Crippen MR) is 151 cm³/mol. The van der Waals surface area contributed by atoms with Crippen LogP contribution < -0.4 is 15.5 Å². The molecule has 0 unspecified atom stereocenters. The maximum atomic E-state index is 13.4. The first kappa shape index (κ1) is 27.8. The largest absolute Gasteiger partial charge is 0.369 e. The van der Waals surface area contributed by atoms with Crippen LogP contribution in [0.3, 0.4) is 0 Å². The van der Waals surface area contributed by atoms with Crippen molar-refractivity contribution >= 4 is 29.1 Å². The Hall–Kier alpha value is -4.20. The Balaban J connectivity index is 1.55. The number of rotatable bonds is 8. The Morgan fingerprint density at radius 2 is 1.62 bits per heavy atom. The summed E-state index contributed by atoms with van der Waals surface area (Å²) in [7, 11) is 0. The molecule has 1 saturated heterocycles. The Kier molecular flexibility index (Phi) is 9.31. The van der Waals surface area contributed by atoms with E-state index >= 15 is 0 Å². The monoisotopic (exact) mass is 530 g/mol. The van der Waals surface area contributed by atoms with Crippen LogP contribution in [-0.4, -0.2) is 48.8 Å². The van der Waals surface area contributed by atoms with Gasteiger partial charge in [-0.3, -0.25) is 14.4 Å². The molecule has 1 aliphatic rings. The fourth-order valence-corrected chi connectivity index (χ4v) is 4.63. The quantitative estimate of drug-likeness (QED) is 0.425. The zero-order chi connectivity index (χ0) is 27.8. The summed E-state index contributed by atoms with van der Waals surface area (Å²) in [6.07, 6.45) is 1.31. The van der Waals surface area contributed by atoms with Crippen molar-refractivity contribution in [3.8, 4) is 0 Å². The molecular formula is C31H35FN4O3. The van der Waals surface area contributed by atoms with Gasteiger partial charge in [-0.25, -0.2) is 4.39 Å². The SMILES string of the molecule is CC(C)CC(=O)N1CCCN(c2ccc(NC(=O)c3ccccc3)cc2C(=O)NCc2ccc(F)cc2)CC1. The zero-order valence-corrected chi connectivity index (χ0v) is 22.5. The molecule has 0 spiro atoms. The van der Waals surface area contributed by atoms with Gasteiger partial charge >= 0.3 is 0 Å². The maximum absolute atomic E-state index is 13.4. The number of nitrogens with zero attached hydrogens (tertiary/aromatic N) is 2. The summed E-state index contributed by atoms with van der Waals surface area (Å²) >= 11 is 0. The first-order valence-electron chi connectivity index (χ1n) is 13.4. The number of amides is 3. The van der Waals surface area contributed by atoms with Crippen molar-refractivity contribution in [3.63, 3.8) is 0 Å². The van der Waals surface area contributed by atoms with Gasteiger partial charge in [-0.15, -0.1) is 0 Å². The van der Waals surface area contributed by atoms with Crippen LogP contribution in [0.2, 0.25) is 0 Å². The summed E-state index contributed by atoms with van der Waals surface area (Å²) in [5, 5.41) is 5.81. The van der Waals surface area contributed by atoms with Gasteiger partial charge in [-0.2, -0.15) is 0 Å². The lowest BCUT2D eigenvalue weighted by Crippen LogP contribution is -2.36. The van der Waals surface area contributed by atoms with Gasteiger partial charge in [0.25, 0.3) is 11.8 Å². The van der Waals surface area contributed by atoms with Crippen LogP contribution in [0.1, 0.15) is 53.0 Å². The molecule has 1 heterocycles. The number of hydrogen-bond acceptors (Lipinski definition) is 4. The molecule has 8 heteroatoms. The Morgan fingerprint density at radius 3 is 2.33 bits per heavy atom. The van der Waals surface area contributed by atoms with E-state index in [4.69, 9.17) is 0 Å². The molecule has 1 fully saturated rings. The Bertz CT molecular complexity index is 1290. The van der Waals surface area contributed by atoms with E-state index in [1.165, 1.54) is 12.1 Å². The molecule has 0 radical (unpaired) electrons.